The number of benzene rings is 1. The minimum absolute atomic E-state index is 0.147. The first-order valence-electron chi connectivity index (χ1n) is 9.41. The number of sulfonamides is 1. The fourth-order valence-corrected chi connectivity index (χ4v) is 5.15. The van der Waals surface area contributed by atoms with Crippen molar-refractivity contribution in [3.8, 4) is 5.75 Å². The quantitative estimate of drug-likeness (QED) is 0.806. The molecule has 2 heterocycles. The molecular weight excluding hydrogens is 352 g/mol. The highest BCUT2D eigenvalue weighted by molar-refractivity contribution is 7.89. The third-order valence-electron chi connectivity index (χ3n) is 5.43. The van der Waals surface area contributed by atoms with Crippen LogP contribution in [0.2, 0.25) is 0 Å². The van der Waals surface area contributed by atoms with Crippen LogP contribution in [0.4, 0.5) is 0 Å². The molecule has 26 heavy (non-hydrogen) atoms. The maximum Gasteiger partial charge on any atom is 0.257 e. The molecule has 1 aromatic carbocycles. The zero-order valence-corrected chi connectivity index (χ0v) is 16.4. The Morgan fingerprint density at radius 1 is 1.08 bits per heavy atom. The number of carbonyl (C=O) groups is 1. The zero-order chi connectivity index (χ0) is 18.7. The smallest absolute Gasteiger partial charge is 0.257 e. The summed E-state index contributed by atoms with van der Waals surface area (Å²) in [6, 6.07) is 4.62. The molecular formula is C19H28N2O4S. The van der Waals surface area contributed by atoms with Gasteiger partial charge < -0.3 is 9.64 Å². The molecule has 0 atom stereocenters. The van der Waals surface area contributed by atoms with E-state index < -0.39 is 10.0 Å². The Balaban J connectivity index is 1.90. The van der Waals surface area contributed by atoms with Gasteiger partial charge in [-0.15, -0.1) is 0 Å². The molecule has 0 aliphatic carbocycles. The van der Waals surface area contributed by atoms with Crippen molar-refractivity contribution >= 4 is 15.9 Å². The van der Waals surface area contributed by atoms with Crippen molar-refractivity contribution in [1.29, 1.82) is 0 Å². The van der Waals surface area contributed by atoms with E-state index in [4.69, 9.17) is 4.74 Å². The lowest BCUT2D eigenvalue weighted by Crippen LogP contribution is -2.38. The highest BCUT2D eigenvalue weighted by atomic mass is 32.2. The summed E-state index contributed by atoms with van der Waals surface area (Å²) >= 11 is 0. The first-order chi connectivity index (χ1) is 12.4. The monoisotopic (exact) mass is 380 g/mol. The molecule has 0 N–H and O–H groups in total. The summed E-state index contributed by atoms with van der Waals surface area (Å²) in [5.41, 5.74) is 0.334. The van der Waals surface area contributed by atoms with Gasteiger partial charge in [-0.1, -0.05) is 6.92 Å². The Bertz CT molecular complexity index is 749. The van der Waals surface area contributed by atoms with Gasteiger partial charge in [0.2, 0.25) is 10.0 Å². The van der Waals surface area contributed by atoms with E-state index in [-0.39, 0.29) is 10.8 Å². The van der Waals surface area contributed by atoms with Gasteiger partial charge in [-0.3, -0.25) is 4.79 Å². The van der Waals surface area contributed by atoms with Crippen LogP contribution in [-0.4, -0.2) is 56.8 Å². The van der Waals surface area contributed by atoms with Gasteiger partial charge in [0.15, 0.2) is 0 Å². The molecule has 0 saturated carbocycles. The molecule has 0 aromatic heterocycles. The van der Waals surface area contributed by atoms with Crippen LogP contribution in [0.3, 0.4) is 0 Å². The van der Waals surface area contributed by atoms with E-state index >= 15 is 0 Å². The van der Waals surface area contributed by atoms with E-state index in [0.717, 1.165) is 32.1 Å². The van der Waals surface area contributed by atoms with Crippen molar-refractivity contribution < 1.29 is 17.9 Å². The second-order valence-electron chi connectivity index (χ2n) is 7.30. The normalized spacial score (nSPS) is 20.2. The molecule has 1 amide bonds. The molecule has 3 rings (SSSR count). The van der Waals surface area contributed by atoms with Crippen molar-refractivity contribution in [2.75, 3.05) is 33.3 Å². The fourth-order valence-electron chi connectivity index (χ4n) is 3.66. The maximum atomic E-state index is 13.0. The Hall–Kier alpha value is -1.60. The molecule has 2 aliphatic rings. The van der Waals surface area contributed by atoms with Gasteiger partial charge in [0, 0.05) is 26.2 Å². The highest BCUT2D eigenvalue weighted by Gasteiger charge is 2.30. The second-order valence-corrected chi connectivity index (χ2v) is 9.24. The molecule has 0 spiro atoms. The number of hydrogen-bond acceptors (Lipinski definition) is 4. The molecule has 0 bridgehead atoms. The van der Waals surface area contributed by atoms with Crippen molar-refractivity contribution in [2.45, 2.75) is 43.9 Å². The molecule has 144 valence electrons. The summed E-state index contributed by atoms with van der Waals surface area (Å²) < 4.78 is 32.9. The summed E-state index contributed by atoms with van der Waals surface area (Å²) in [6.07, 6.45) is 4.84. The number of likely N-dealkylation sites (tertiary alicyclic amines) is 1. The fraction of sp³-hybridized carbons (Fsp3) is 0.632. The zero-order valence-electron chi connectivity index (χ0n) is 15.6. The number of piperidine rings is 2. The average Bonchev–Trinajstić information content (AvgIpc) is 2.68. The third kappa shape index (κ3) is 3.88. The lowest BCUT2D eigenvalue weighted by molar-refractivity contribution is 0.0720. The number of carbonyl (C=O) groups excluding carboxylic acids is 1. The van der Waals surface area contributed by atoms with Gasteiger partial charge in [0.25, 0.3) is 5.91 Å². The van der Waals surface area contributed by atoms with Crippen LogP contribution in [0.15, 0.2) is 23.1 Å². The second kappa shape index (κ2) is 7.96. The van der Waals surface area contributed by atoms with Crippen LogP contribution < -0.4 is 4.74 Å². The maximum absolute atomic E-state index is 13.0. The van der Waals surface area contributed by atoms with E-state index in [2.05, 4.69) is 6.92 Å². The summed E-state index contributed by atoms with van der Waals surface area (Å²) in [6.45, 7) is 4.63. The van der Waals surface area contributed by atoms with E-state index in [1.54, 1.807) is 17.0 Å². The average molecular weight is 381 g/mol. The molecule has 1 aromatic rings. The summed E-state index contributed by atoms with van der Waals surface area (Å²) in [7, 11) is -2.09. The third-order valence-corrected chi connectivity index (χ3v) is 7.32. The number of methoxy groups -OCH3 is 1. The first kappa shape index (κ1) is 19.2. The van der Waals surface area contributed by atoms with Crippen molar-refractivity contribution in [1.82, 2.24) is 9.21 Å². The Morgan fingerprint density at radius 3 is 2.35 bits per heavy atom. The largest absolute Gasteiger partial charge is 0.496 e. The molecule has 0 radical (unpaired) electrons. The number of amides is 1. The van der Waals surface area contributed by atoms with Crippen molar-refractivity contribution in [2.24, 2.45) is 5.92 Å². The van der Waals surface area contributed by atoms with Crippen molar-refractivity contribution in [3.63, 3.8) is 0 Å². The molecule has 2 aliphatic heterocycles. The topological polar surface area (TPSA) is 66.9 Å². The standard InChI is InChI=1S/C19H28N2O4S/c1-15-8-12-21(13-9-15)26(23,24)16-6-7-18(25-2)17(14-16)19(22)20-10-4-3-5-11-20/h6-7,14-15H,3-5,8-13H2,1-2H3. The Labute approximate surface area is 156 Å². The number of hydrogen-bond donors (Lipinski definition) is 0. The molecule has 0 unspecified atom stereocenters. The molecule has 7 heteroatoms. The summed E-state index contributed by atoms with van der Waals surface area (Å²) in [5.74, 6) is 0.825. The number of nitrogens with zero attached hydrogens (tertiary/aromatic N) is 2. The van der Waals surface area contributed by atoms with Crippen LogP contribution in [0.5, 0.6) is 5.75 Å². The van der Waals surface area contributed by atoms with Crippen LogP contribution in [0.25, 0.3) is 0 Å². The van der Waals surface area contributed by atoms with Gasteiger partial charge in [-0.25, -0.2) is 8.42 Å². The van der Waals surface area contributed by atoms with Crippen LogP contribution in [0.1, 0.15) is 49.4 Å². The lowest BCUT2D eigenvalue weighted by atomic mass is 10.0. The minimum atomic E-state index is -3.59. The van der Waals surface area contributed by atoms with Gasteiger partial charge in [0.1, 0.15) is 5.75 Å². The molecule has 2 saturated heterocycles. The van der Waals surface area contributed by atoms with E-state index in [0.29, 0.717) is 43.4 Å². The number of ether oxygens (including phenoxy) is 1. The van der Waals surface area contributed by atoms with Crippen LogP contribution >= 0.6 is 0 Å². The lowest BCUT2D eigenvalue weighted by Gasteiger charge is -2.30. The van der Waals surface area contributed by atoms with Crippen molar-refractivity contribution in [3.05, 3.63) is 23.8 Å². The van der Waals surface area contributed by atoms with Crippen LogP contribution in [-0.2, 0) is 10.0 Å². The number of rotatable bonds is 4. The highest BCUT2D eigenvalue weighted by Crippen LogP contribution is 2.28. The van der Waals surface area contributed by atoms with Gasteiger partial charge in [-0.2, -0.15) is 4.31 Å². The van der Waals surface area contributed by atoms with E-state index in [1.807, 2.05) is 0 Å². The minimum Gasteiger partial charge on any atom is -0.496 e. The Morgan fingerprint density at radius 2 is 1.73 bits per heavy atom. The predicted octanol–water partition coefficient (Wildman–Crippen LogP) is 2.74. The summed E-state index contributed by atoms with van der Waals surface area (Å²) in [4.78, 5) is 14.9. The molecule has 6 nitrogen and oxygen atoms in total. The summed E-state index contributed by atoms with van der Waals surface area (Å²) in [5, 5.41) is 0. The van der Waals surface area contributed by atoms with E-state index in [1.165, 1.54) is 17.5 Å². The van der Waals surface area contributed by atoms with Gasteiger partial charge in [0.05, 0.1) is 17.6 Å². The van der Waals surface area contributed by atoms with Gasteiger partial charge in [-0.05, 0) is 56.2 Å². The van der Waals surface area contributed by atoms with Crippen LogP contribution in [0, 0.1) is 5.92 Å². The van der Waals surface area contributed by atoms with Gasteiger partial charge >= 0.3 is 0 Å². The predicted molar refractivity (Wildman–Crippen MR) is 99.9 cm³/mol. The van der Waals surface area contributed by atoms with E-state index in [9.17, 15) is 13.2 Å². The molecule has 2 fully saturated rings. The first-order valence-corrected chi connectivity index (χ1v) is 10.8. The SMILES string of the molecule is COc1ccc(S(=O)(=O)N2CCC(C)CC2)cc1C(=O)N1CCCCC1. The Kier molecular flexibility index (Phi) is 5.87.